The van der Waals surface area contributed by atoms with Gasteiger partial charge in [-0.15, -0.1) is 5.10 Å². The molecule has 1 fully saturated rings. The van der Waals surface area contributed by atoms with Gasteiger partial charge >= 0.3 is 0 Å². The van der Waals surface area contributed by atoms with Crippen molar-refractivity contribution in [3.8, 4) is 22.8 Å². The van der Waals surface area contributed by atoms with Crippen LogP contribution < -0.4 is 16.4 Å². The summed E-state index contributed by atoms with van der Waals surface area (Å²) in [7, 11) is 1.90. The van der Waals surface area contributed by atoms with E-state index in [2.05, 4.69) is 32.8 Å². The number of amides is 1. The van der Waals surface area contributed by atoms with E-state index >= 15 is 0 Å². The van der Waals surface area contributed by atoms with Crippen LogP contribution in [0.25, 0.3) is 22.8 Å². The smallest absolute Gasteiger partial charge is 0.251 e. The van der Waals surface area contributed by atoms with Gasteiger partial charge in [0.25, 0.3) is 5.91 Å². The number of carbonyl (C=O) groups excluding carboxylic acids is 1. The molecule has 0 spiro atoms. The molecule has 188 valence electrons. The molecule has 2 atom stereocenters. The Morgan fingerprint density at radius 1 is 1.14 bits per heavy atom. The number of nitrogens with zero attached hydrogens (tertiary/aromatic N) is 5. The molecule has 2 aliphatic rings. The highest BCUT2D eigenvalue weighted by Gasteiger charge is 2.25. The number of benzene rings is 2. The first kappa shape index (κ1) is 23.3. The zero-order valence-corrected chi connectivity index (χ0v) is 20.8. The van der Waals surface area contributed by atoms with E-state index in [9.17, 15) is 4.79 Å². The molecule has 2 aromatic carbocycles. The summed E-state index contributed by atoms with van der Waals surface area (Å²) in [6.45, 7) is 1.92. The van der Waals surface area contributed by atoms with E-state index in [1.165, 1.54) is 11.1 Å². The lowest BCUT2D eigenvalue weighted by Gasteiger charge is -2.21. The fourth-order valence-corrected chi connectivity index (χ4v) is 5.40. The second-order valence-corrected chi connectivity index (χ2v) is 9.79. The zero-order chi connectivity index (χ0) is 25.4. The Morgan fingerprint density at radius 3 is 2.89 bits per heavy atom. The highest BCUT2D eigenvalue weighted by molar-refractivity contribution is 5.95. The molecule has 4 N–H and O–H groups in total. The molecule has 9 heteroatoms. The van der Waals surface area contributed by atoms with Gasteiger partial charge in [-0.05, 0) is 55.5 Å². The van der Waals surface area contributed by atoms with E-state index in [0.29, 0.717) is 28.7 Å². The Labute approximate surface area is 215 Å². The van der Waals surface area contributed by atoms with E-state index in [1.54, 1.807) is 6.20 Å². The maximum Gasteiger partial charge on any atom is 0.251 e. The minimum atomic E-state index is -0.107. The SMILES string of the molecule is Cn1nc(-c2nc(-c3cccc(C(=O)NC4CCc5ccccc54)c3)cnc2N)nc1C1CCCNC1. The molecule has 1 saturated heterocycles. The third kappa shape index (κ3) is 4.58. The monoisotopic (exact) mass is 494 g/mol. The van der Waals surface area contributed by atoms with Crippen LogP contribution in [0.5, 0.6) is 0 Å². The molecule has 9 nitrogen and oxygen atoms in total. The van der Waals surface area contributed by atoms with Gasteiger partial charge in [-0.2, -0.15) is 0 Å². The van der Waals surface area contributed by atoms with Crippen molar-refractivity contribution in [2.45, 2.75) is 37.6 Å². The Balaban J connectivity index is 1.25. The van der Waals surface area contributed by atoms with Crippen molar-refractivity contribution in [1.29, 1.82) is 0 Å². The highest BCUT2D eigenvalue weighted by Crippen LogP contribution is 2.31. The molecule has 37 heavy (non-hydrogen) atoms. The second-order valence-electron chi connectivity index (χ2n) is 9.79. The number of piperidine rings is 1. The first-order valence-corrected chi connectivity index (χ1v) is 12.8. The number of hydrogen-bond donors (Lipinski definition) is 3. The molecule has 4 aromatic rings. The average molecular weight is 495 g/mol. The van der Waals surface area contributed by atoms with E-state index in [4.69, 9.17) is 15.7 Å². The normalized spacial score (nSPS) is 18.9. The van der Waals surface area contributed by atoms with E-state index in [0.717, 1.165) is 50.2 Å². The van der Waals surface area contributed by atoms with Crippen LogP contribution in [0.2, 0.25) is 0 Å². The Morgan fingerprint density at radius 2 is 2.03 bits per heavy atom. The first-order chi connectivity index (χ1) is 18.1. The molecule has 1 amide bonds. The fraction of sp³-hybridized carbons (Fsp3) is 0.321. The van der Waals surface area contributed by atoms with Crippen LogP contribution in [0.3, 0.4) is 0 Å². The predicted octanol–water partition coefficient (Wildman–Crippen LogP) is 3.41. The number of carbonyl (C=O) groups is 1. The fourth-order valence-electron chi connectivity index (χ4n) is 5.40. The minimum Gasteiger partial charge on any atom is -0.382 e. The lowest BCUT2D eigenvalue weighted by molar-refractivity contribution is 0.0936. The minimum absolute atomic E-state index is 0.0269. The van der Waals surface area contributed by atoms with Crippen molar-refractivity contribution in [3.05, 3.63) is 77.2 Å². The van der Waals surface area contributed by atoms with Crippen LogP contribution in [-0.2, 0) is 13.5 Å². The number of nitrogens with two attached hydrogens (primary N) is 1. The van der Waals surface area contributed by atoms with E-state index in [1.807, 2.05) is 48.1 Å². The molecule has 0 saturated carbocycles. The quantitative estimate of drug-likeness (QED) is 0.388. The van der Waals surface area contributed by atoms with Crippen LogP contribution in [0.15, 0.2) is 54.7 Å². The summed E-state index contributed by atoms with van der Waals surface area (Å²) >= 11 is 0. The first-order valence-electron chi connectivity index (χ1n) is 12.8. The highest BCUT2D eigenvalue weighted by atomic mass is 16.1. The van der Waals surface area contributed by atoms with Gasteiger partial charge in [0.15, 0.2) is 11.5 Å². The third-order valence-corrected chi connectivity index (χ3v) is 7.33. The maximum atomic E-state index is 13.1. The summed E-state index contributed by atoms with van der Waals surface area (Å²) in [5.41, 5.74) is 11.1. The summed E-state index contributed by atoms with van der Waals surface area (Å²) in [5.74, 6) is 1.85. The summed E-state index contributed by atoms with van der Waals surface area (Å²) in [6, 6.07) is 15.7. The summed E-state index contributed by atoms with van der Waals surface area (Å²) in [4.78, 5) is 27.1. The standard InChI is InChI=1S/C28H30N8O/c1-36-27(20-9-5-13-30-15-20)34-26(35-36)24-25(29)31-16-23(32-24)18-7-4-8-19(14-18)28(37)33-22-12-11-17-6-2-3-10-21(17)22/h2-4,6-8,10,14,16,20,22,30H,5,9,11-13,15H2,1H3,(H2,29,31)(H,33,37). The third-order valence-electron chi connectivity index (χ3n) is 7.33. The van der Waals surface area contributed by atoms with Crippen LogP contribution >= 0.6 is 0 Å². The number of aromatic nitrogens is 5. The van der Waals surface area contributed by atoms with Crippen molar-refractivity contribution in [3.63, 3.8) is 0 Å². The van der Waals surface area contributed by atoms with E-state index in [-0.39, 0.29) is 17.8 Å². The Hall–Kier alpha value is -4.11. The second kappa shape index (κ2) is 9.74. The van der Waals surface area contributed by atoms with Gasteiger partial charge in [-0.25, -0.2) is 15.0 Å². The number of anilines is 1. The maximum absolute atomic E-state index is 13.1. The van der Waals surface area contributed by atoms with Gasteiger partial charge < -0.3 is 16.4 Å². The Bertz CT molecular complexity index is 1460. The van der Waals surface area contributed by atoms with Gasteiger partial charge in [0.1, 0.15) is 5.82 Å². The number of nitrogen functional groups attached to an aromatic ring is 1. The largest absolute Gasteiger partial charge is 0.382 e. The number of hydrogen-bond acceptors (Lipinski definition) is 7. The van der Waals surface area contributed by atoms with Crippen LogP contribution in [-0.4, -0.2) is 43.7 Å². The lowest BCUT2D eigenvalue weighted by atomic mass is 9.99. The topological polar surface area (TPSA) is 124 Å². The molecule has 2 unspecified atom stereocenters. The predicted molar refractivity (Wildman–Crippen MR) is 142 cm³/mol. The number of nitrogens with one attached hydrogen (secondary N) is 2. The molecule has 1 aliphatic carbocycles. The van der Waals surface area contributed by atoms with Crippen molar-refractivity contribution in [1.82, 2.24) is 35.4 Å². The summed E-state index contributed by atoms with van der Waals surface area (Å²) in [6.07, 6.45) is 5.69. The van der Waals surface area contributed by atoms with E-state index < -0.39 is 0 Å². The Kier molecular flexibility index (Phi) is 6.13. The lowest BCUT2D eigenvalue weighted by Crippen LogP contribution is -2.29. The van der Waals surface area contributed by atoms with Gasteiger partial charge in [0.05, 0.1) is 17.9 Å². The summed E-state index contributed by atoms with van der Waals surface area (Å²) < 4.78 is 1.81. The number of aryl methyl sites for hydroxylation is 2. The molecule has 6 rings (SSSR count). The number of rotatable bonds is 5. The molecular formula is C28H30N8O. The molecular weight excluding hydrogens is 464 g/mol. The van der Waals surface area contributed by atoms with Crippen LogP contribution in [0, 0.1) is 0 Å². The van der Waals surface area contributed by atoms with Gasteiger partial charge in [0, 0.05) is 30.6 Å². The van der Waals surface area contributed by atoms with Crippen molar-refractivity contribution in [2.75, 3.05) is 18.8 Å². The van der Waals surface area contributed by atoms with Gasteiger partial charge in [0.2, 0.25) is 5.82 Å². The van der Waals surface area contributed by atoms with Gasteiger partial charge in [-0.3, -0.25) is 9.48 Å². The number of fused-ring (bicyclic) bond motifs is 1. The van der Waals surface area contributed by atoms with Gasteiger partial charge in [-0.1, -0.05) is 36.4 Å². The summed E-state index contributed by atoms with van der Waals surface area (Å²) in [5, 5.41) is 11.2. The van der Waals surface area contributed by atoms with Crippen molar-refractivity contribution >= 4 is 11.7 Å². The average Bonchev–Trinajstić information content (AvgIpc) is 3.53. The van der Waals surface area contributed by atoms with Crippen molar-refractivity contribution in [2.24, 2.45) is 7.05 Å². The molecule has 1 aliphatic heterocycles. The van der Waals surface area contributed by atoms with Crippen LogP contribution in [0.1, 0.15) is 58.5 Å². The molecule has 3 heterocycles. The molecule has 2 aromatic heterocycles. The zero-order valence-electron chi connectivity index (χ0n) is 20.8. The van der Waals surface area contributed by atoms with Crippen molar-refractivity contribution < 1.29 is 4.79 Å². The molecule has 0 bridgehead atoms. The van der Waals surface area contributed by atoms with Crippen LogP contribution in [0.4, 0.5) is 5.82 Å². The molecule has 0 radical (unpaired) electrons.